The maximum Gasteiger partial charge on any atom is 0.263 e. The van der Waals surface area contributed by atoms with Crippen molar-refractivity contribution in [3.63, 3.8) is 0 Å². The van der Waals surface area contributed by atoms with Crippen molar-refractivity contribution in [2.45, 2.75) is 25.9 Å². The topological polar surface area (TPSA) is 32.8 Å². The molecule has 0 atom stereocenters. The zero-order chi connectivity index (χ0) is 19.8. The highest BCUT2D eigenvalue weighted by atomic mass is 19.1. The third-order valence-electron chi connectivity index (χ3n) is 5.44. The Labute approximate surface area is 163 Å². The van der Waals surface area contributed by atoms with Crippen molar-refractivity contribution in [3.05, 3.63) is 60.2 Å². The molecule has 28 heavy (non-hydrogen) atoms. The van der Waals surface area contributed by atoms with Crippen molar-refractivity contribution in [1.82, 2.24) is 4.90 Å². The van der Waals surface area contributed by atoms with Crippen molar-refractivity contribution in [3.8, 4) is 5.75 Å². The number of para-hydroxylation sites is 1. The van der Waals surface area contributed by atoms with Gasteiger partial charge in [-0.2, -0.15) is 0 Å². The molecule has 0 bridgehead atoms. The smallest absolute Gasteiger partial charge is 0.263 e. The maximum absolute atomic E-state index is 15.2. The molecule has 0 unspecified atom stereocenters. The molecule has 0 radical (unpaired) electrons. The predicted octanol–water partition coefficient (Wildman–Crippen LogP) is 4.52. The zero-order valence-corrected chi connectivity index (χ0v) is 15.8. The first-order valence-corrected chi connectivity index (χ1v) is 9.51. The summed E-state index contributed by atoms with van der Waals surface area (Å²) in [6.45, 7) is 8.44. The van der Waals surface area contributed by atoms with Gasteiger partial charge in [-0.15, -0.1) is 0 Å². The molecule has 2 aliphatic heterocycles. The number of anilines is 2. The van der Waals surface area contributed by atoms with Crippen molar-refractivity contribution >= 4 is 22.9 Å². The van der Waals surface area contributed by atoms with E-state index in [9.17, 15) is 9.18 Å². The summed E-state index contributed by atoms with van der Waals surface area (Å²) in [5, 5.41) is 0. The van der Waals surface area contributed by atoms with Crippen molar-refractivity contribution in [2.75, 3.05) is 24.5 Å². The van der Waals surface area contributed by atoms with Crippen molar-refractivity contribution in [2.24, 2.45) is 0 Å². The lowest BCUT2D eigenvalue weighted by molar-refractivity contribution is -0.112. The van der Waals surface area contributed by atoms with Crippen LogP contribution in [0.2, 0.25) is 0 Å². The van der Waals surface area contributed by atoms with E-state index in [1.807, 2.05) is 6.07 Å². The summed E-state index contributed by atoms with van der Waals surface area (Å²) >= 11 is 0. The summed E-state index contributed by atoms with van der Waals surface area (Å²) in [4.78, 5) is 16.2. The summed E-state index contributed by atoms with van der Waals surface area (Å²) in [6.07, 6.45) is 1.17. The molecule has 2 aromatic carbocycles. The lowest BCUT2D eigenvalue weighted by atomic mass is 10.1. The molecule has 0 aliphatic carbocycles. The maximum atomic E-state index is 15.2. The van der Waals surface area contributed by atoms with E-state index in [1.165, 1.54) is 4.90 Å². The van der Waals surface area contributed by atoms with Crippen LogP contribution in [0, 0.1) is 11.6 Å². The fourth-order valence-electron chi connectivity index (χ4n) is 3.85. The van der Waals surface area contributed by atoms with Crippen molar-refractivity contribution in [1.29, 1.82) is 0 Å². The van der Waals surface area contributed by atoms with Gasteiger partial charge in [0.2, 0.25) is 0 Å². The zero-order valence-electron chi connectivity index (χ0n) is 15.8. The lowest BCUT2D eigenvalue weighted by Gasteiger charge is -2.31. The summed E-state index contributed by atoms with van der Waals surface area (Å²) < 4.78 is 35.7. The molecule has 0 aromatic heterocycles. The van der Waals surface area contributed by atoms with Crippen LogP contribution in [0.1, 0.15) is 25.3 Å². The number of piperidine rings is 1. The molecule has 1 amide bonds. The summed E-state index contributed by atoms with van der Waals surface area (Å²) in [6, 6.07) is 9.91. The Bertz CT molecular complexity index is 922. The Kier molecular flexibility index (Phi) is 4.89. The van der Waals surface area contributed by atoms with E-state index < -0.39 is 23.3 Å². The standard InChI is InChI=1S/C22H22F2N2O2/c1-3-25-11-9-16(10-12-25)28-21-17(23)13-18-19(20(21)24)14(2)22(27)26(18)15-7-5-4-6-8-15/h4-8,13,16H,2-3,9-12H2,1H3. The van der Waals surface area contributed by atoms with E-state index in [0.717, 1.165) is 25.7 Å². The number of benzene rings is 2. The molecule has 1 fully saturated rings. The first kappa shape index (κ1) is 18.6. The van der Waals surface area contributed by atoms with E-state index in [2.05, 4.69) is 18.4 Å². The van der Waals surface area contributed by atoms with Crippen LogP contribution in [0.15, 0.2) is 43.0 Å². The number of carbonyl (C=O) groups excluding carboxylic acids is 1. The Morgan fingerprint density at radius 1 is 1.18 bits per heavy atom. The first-order chi connectivity index (χ1) is 13.5. The van der Waals surface area contributed by atoms with Gasteiger partial charge in [-0.25, -0.2) is 8.78 Å². The summed E-state index contributed by atoms with van der Waals surface area (Å²) in [7, 11) is 0. The quantitative estimate of drug-likeness (QED) is 0.727. The molecule has 0 spiro atoms. The van der Waals surface area contributed by atoms with Crippen LogP contribution < -0.4 is 9.64 Å². The minimum atomic E-state index is -0.857. The lowest BCUT2D eigenvalue weighted by Crippen LogP contribution is -2.38. The van der Waals surface area contributed by atoms with Crippen LogP contribution in [0.3, 0.4) is 0 Å². The number of ether oxygens (including phenoxy) is 1. The molecule has 2 aromatic rings. The van der Waals surface area contributed by atoms with Gasteiger partial charge in [-0.05, 0) is 31.5 Å². The highest BCUT2D eigenvalue weighted by Gasteiger charge is 2.38. The van der Waals surface area contributed by atoms with Gasteiger partial charge in [0.15, 0.2) is 17.4 Å². The molecule has 4 nitrogen and oxygen atoms in total. The van der Waals surface area contributed by atoms with E-state index in [-0.39, 0.29) is 22.9 Å². The number of hydrogen-bond acceptors (Lipinski definition) is 3. The molecule has 2 aliphatic rings. The van der Waals surface area contributed by atoms with E-state index >= 15 is 4.39 Å². The molecule has 6 heteroatoms. The van der Waals surface area contributed by atoms with Gasteiger partial charge in [-0.3, -0.25) is 9.69 Å². The molecule has 0 N–H and O–H groups in total. The van der Waals surface area contributed by atoms with Gasteiger partial charge < -0.3 is 9.64 Å². The van der Waals surface area contributed by atoms with Gasteiger partial charge in [0.25, 0.3) is 5.91 Å². The first-order valence-electron chi connectivity index (χ1n) is 9.51. The Balaban J connectivity index is 1.68. The van der Waals surface area contributed by atoms with Gasteiger partial charge in [-0.1, -0.05) is 31.7 Å². The number of fused-ring (bicyclic) bond motifs is 1. The Morgan fingerprint density at radius 3 is 2.50 bits per heavy atom. The number of amides is 1. The fourth-order valence-corrected chi connectivity index (χ4v) is 3.85. The van der Waals surface area contributed by atoms with Crippen LogP contribution in [-0.2, 0) is 4.79 Å². The fraction of sp³-hybridized carbons (Fsp3) is 0.318. The Hall–Kier alpha value is -2.73. The SMILES string of the molecule is C=C1C(=O)N(c2ccccc2)c2cc(F)c(OC3CCN(CC)CC3)c(F)c21. The largest absolute Gasteiger partial charge is 0.484 e. The predicted molar refractivity (Wildman–Crippen MR) is 105 cm³/mol. The normalized spacial score (nSPS) is 17.9. The molecular weight excluding hydrogens is 362 g/mol. The summed E-state index contributed by atoms with van der Waals surface area (Å²) in [5.74, 6) is -2.55. The summed E-state index contributed by atoms with van der Waals surface area (Å²) in [5.41, 5.74) is 0.703. The molecule has 1 saturated heterocycles. The van der Waals surface area contributed by atoms with Gasteiger partial charge in [0, 0.05) is 30.4 Å². The number of carbonyl (C=O) groups is 1. The Morgan fingerprint density at radius 2 is 1.86 bits per heavy atom. The third-order valence-corrected chi connectivity index (χ3v) is 5.44. The van der Waals surface area contributed by atoms with Crippen LogP contribution in [-0.4, -0.2) is 36.5 Å². The van der Waals surface area contributed by atoms with E-state index in [0.29, 0.717) is 18.5 Å². The van der Waals surface area contributed by atoms with Gasteiger partial charge in [0.05, 0.1) is 11.3 Å². The average molecular weight is 384 g/mol. The monoisotopic (exact) mass is 384 g/mol. The van der Waals surface area contributed by atoms with E-state index in [1.54, 1.807) is 24.3 Å². The number of nitrogens with zero attached hydrogens (tertiary/aromatic N) is 2. The highest BCUT2D eigenvalue weighted by Crippen LogP contribution is 2.45. The molecule has 146 valence electrons. The molecular formula is C22H22F2N2O2. The third kappa shape index (κ3) is 3.07. The highest BCUT2D eigenvalue weighted by molar-refractivity contribution is 6.34. The van der Waals surface area contributed by atoms with Crippen LogP contribution >= 0.6 is 0 Å². The minimum absolute atomic E-state index is 0.00186. The molecule has 4 rings (SSSR count). The van der Waals surface area contributed by atoms with Crippen LogP contribution in [0.25, 0.3) is 5.57 Å². The number of likely N-dealkylation sites (tertiary alicyclic amines) is 1. The average Bonchev–Trinajstić information content (AvgIpc) is 2.96. The second-order valence-electron chi connectivity index (χ2n) is 7.10. The number of halogens is 2. The molecule has 2 heterocycles. The second kappa shape index (κ2) is 7.36. The van der Waals surface area contributed by atoms with Crippen LogP contribution in [0.4, 0.5) is 20.2 Å². The van der Waals surface area contributed by atoms with Crippen LogP contribution in [0.5, 0.6) is 5.75 Å². The second-order valence-corrected chi connectivity index (χ2v) is 7.10. The molecule has 0 saturated carbocycles. The van der Waals surface area contributed by atoms with Gasteiger partial charge >= 0.3 is 0 Å². The number of rotatable bonds is 4. The van der Waals surface area contributed by atoms with Gasteiger partial charge in [0.1, 0.15) is 6.10 Å². The van der Waals surface area contributed by atoms with E-state index in [4.69, 9.17) is 4.74 Å². The minimum Gasteiger partial charge on any atom is -0.484 e. The number of hydrogen-bond donors (Lipinski definition) is 0. The van der Waals surface area contributed by atoms with Crippen molar-refractivity contribution < 1.29 is 18.3 Å².